The number of nitrogens with zero attached hydrogens (tertiary/aromatic N) is 1. The van der Waals surface area contributed by atoms with Gasteiger partial charge in [0.15, 0.2) is 0 Å². The van der Waals surface area contributed by atoms with E-state index in [1.54, 1.807) is 18.2 Å². The molecule has 0 aromatic heterocycles. The highest BCUT2D eigenvalue weighted by Crippen LogP contribution is 2.28. The first-order valence-corrected chi connectivity index (χ1v) is 10.5. The number of hydrogen-bond acceptors (Lipinski definition) is 3. The van der Waals surface area contributed by atoms with Crippen molar-refractivity contribution in [2.24, 2.45) is 0 Å². The van der Waals surface area contributed by atoms with Gasteiger partial charge in [0.1, 0.15) is 29.8 Å². The van der Waals surface area contributed by atoms with Crippen LogP contribution in [0.15, 0.2) is 90.5 Å². The molecule has 33 heavy (non-hydrogen) atoms. The van der Waals surface area contributed by atoms with Gasteiger partial charge in [0, 0.05) is 16.3 Å². The van der Waals surface area contributed by atoms with E-state index >= 15 is 0 Å². The van der Waals surface area contributed by atoms with E-state index in [0.717, 1.165) is 16.3 Å². The third kappa shape index (κ3) is 5.38. The smallest absolute Gasteiger partial charge is 0.266 e. The zero-order valence-corrected chi connectivity index (χ0v) is 18.1. The Hall–Kier alpha value is -4.14. The number of benzene rings is 4. The van der Waals surface area contributed by atoms with Crippen molar-refractivity contribution in [3.05, 3.63) is 112 Å². The van der Waals surface area contributed by atoms with Crippen molar-refractivity contribution in [3.63, 3.8) is 0 Å². The SMILES string of the molecule is N#C/C(=C\c1cc(Cl)ccc1OCc1cccc2ccccc12)C(=O)Nc1ccc(F)cc1. The molecule has 1 amide bonds. The standard InChI is InChI=1S/C27H18ClFN2O2/c28-22-8-13-26(33-17-19-6-3-5-18-4-1-2-7-25(18)19)20(15-22)14-21(16-30)27(32)31-24-11-9-23(29)10-12-24/h1-15H,17H2,(H,31,32)/b21-14+. The maximum atomic E-state index is 13.1. The van der Waals surface area contributed by atoms with Crippen molar-refractivity contribution in [1.29, 1.82) is 5.26 Å². The van der Waals surface area contributed by atoms with Gasteiger partial charge in [0.25, 0.3) is 5.91 Å². The van der Waals surface area contributed by atoms with Crippen LogP contribution in [0.3, 0.4) is 0 Å². The summed E-state index contributed by atoms with van der Waals surface area (Å²) < 4.78 is 19.2. The summed E-state index contributed by atoms with van der Waals surface area (Å²) in [4.78, 5) is 12.6. The number of nitrogens with one attached hydrogen (secondary N) is 1. The Morgan fingerprint density at radius 2 is 1.79 bits per heavy atom. The number of fused-ring (bicyclic) bond motifs is 1. The second-order valence-electron chi connectivity index (χ2n) is 7.24. The predicted molar refractivity (Wildman–Crippen MR) is 128 cm³/mol. The summed E-state index contributed by atoms with van der Waals surface area (Å²) in [5, 5.41) is 14.8. The van der Waals surface area contributed by atoms with Gasteiger partial charge in [0.2, 0.25) is 0 Å². The average Bonchev–Trinajstić information content (AvgIpc) is 2.83. The molecule has 0 unspecified atom stereocenters. The fraction of sp³-hybridized carbons (Fsp3) is 0.0370. The van der Waals surface area contributed by atoms with Crippen LogP contribution in [0, 0.1) is 17.1 Å². The molecule has 0 aliphatic rings. The number of rotatable bonds is 6. The van der Waals surface area contributed by atoms with E-state index < -0.39 is 11.7 Å². The van der Waals surface area contributed by atoms with Crippen LogP contribution in [-0.2, 0) is 11.4 Å². The summed E-state index contributed by atoms with van der Waals surface area (Å²) in [5.74, 6) is -0.560. The Labute approximate surface area is 195 Å². The highest BCUT2D eigenvalue weighted by Gasteiger charge is 2.13. The second-order valence-corrected chi connectivity index (χ2v) is 7.68. The van der Waals surface area contributed by atoms with Gasteiger partial charge in [-0.25, -0.2) is 4.39 Å². The Morgan fingerprint density at radius 1 is 1.03 bits per heavy atom. The average molecular weight is 457 g/mol. The van der Waals surface area contributed by atoms with E-state index in [4.69, 9.17) is 16.3 Å². The van der Waals surface area contributed by atoms with Crippen molar-refractivity contribution in [3.8, 4) is 11.8 Å². The molecule has 0 aliphatic heterocycles. The van der Waals surface area contributed by atoms with Crippen molar-refractivity contribution >= 4 is 40.0 Å². The Bertz CT molecular complexity index is 1390. The number of halogens is 2. The first kappa shape index (κ1) is 22.1. The van der Waals surface area contributed by atoms with E-state index in [2.05, 4.69) is 5.32 Å². The first-order valence-electron chi connectivity index (χ1n) is 10.1. The van der Waals surface area contributed by atoms with Crippen LogP contribution >= 0.6 is 11.6 Å². The molecule has 6 heteroatoms. The quantitative estimate of drug-likeness (QED) is 0.257. The molecule has 4 rings (SSSR count). The number of anilines is 1. The Morgan fingerprint density at radius 3 is 2.58 bits per heavy atom. The number of nitriles is 1. The largest absolute Gasteiger partial charge is 0.488 e. The molecular formula is C27H18ClFN2O2. The van der Waals surface area contributed by atoms with Gasteiger partial charge in [-0.3, -0.25) is 4.79 Å². The minimum Gasteiger partial charge on any atom is -0.488 e. The summed E-state index contributed by atoms with van der Waals surface area (Å²) in [7, 11) is 0. The monoisotopic (exact) mass is 456 g/mol. The van der Waals surface area contributed by atoms with Gasteiger partial charge >= 0.3 is 0 Å². The van der Waals surface area contributed by atoms with Crippen molar-refractivity contribution in [2.75, 3.05) is 5.32 Å². The number of carbonyl (C=O) groups excluding carboxylic acids is 1. The zero-order valence-electron chi connectivity index (χ0n) is 17.4. The first-order chi connectivity index (χ1) is 16.0. The van der Waals surface area contributed by atoms with Crippen LogP contribution in [0.25, 0.3) is 16.8 Å². The zero-order chi connectivity index (χ0) is 23.2. The van der Waals surface area contributed by atoms with E-state index in [0.29, 0.717) is 28.6 Å². The Balaban J connectivity index is 1.59. The van der Waals surface area contributed by atoms with Crippen LogP contribution in [0.1, 0.15) is 11.1 Å². The Kier molecular flexibility index (Phi) is 6.68. The summed E-state index contributed by atoms with van der Waals surface area (Å²) in [5.41, 5.74) is 1.73. The fourth-order valence-corrected chi connectivity index (χ4v) is 3.55. The van der Waals surface area contributed by atoms with E-state index in [9.17, 15) is 14.4 Å². The van der Waals surface area contributed by atoms with Crippen molar-refractivity contribution in [2.45, 2.75) is 6.61 Å². The molecule has 4 aromatic carbocycles. The molecule has 0 fully saturated rings. The van der Waals surface area contributed by atoms with Crippen LogP contribution in [-0.4, -0.2) is 5.91 Å². The molecule has 0 heterocycles. The molecule has 0 atom stereocenters. The summed E-state index contributed by atoms with van der Waals surface area (Å²) >= 11 is 6.16. The molecule has 0 saturated carbocycles. The molecule has 0 saturated heterocycles. The van der Waals surface area contributed by atoms with Gasteiger partial charge in [-0.05, 0) is 64.9 Å². The third-order valence-corrected chi connectivity index (χ3v) is 5.24. The summed E-state index contributed by atoms with van der Waals surface area (Å²) in [6, 6.07) is 26.2. The van der Waals surface area contributed by atoms with Gasteiger partial charge in [0.05, 0.1) is 0 Å². The second kappa shape index (κ2) is 9.99. The number of ether oxygens (including phenoxy) is 1. The van der Waals surface area contributed by atoms with Crippen LogP contribution in [0.2, 0.25) is 5.02 Å². The maximum Gasteiger partial charge on any atom is 0.266 e. The molecule has 0 radical (unpaired) electrons. The number of hydrogen-bond donors (Lipinski definition) is 1. The highest BCUT2D eigenvalue weighted by atomic mass is 35.5. The lowest BCUT2D eigenvalue weighted by Crippen LogP contribution is -2.13. The molecule has 4 nitrogen and oxygen atoms in total. The van der Waals surface area contributed by atoms with Crippen molar-refractivity contribution < 1.29 is 13.9 Å². The molecule has 1 N–H and O–H groups in total. The number of amides is 1. The fourth-order valence-electron chi connectivity index (χ4n) is 3.37. The van der Waals surface area contributed by atoms with E-state index in [-0.39, 0.29) is 5.57 Å². The molecular weight excluding hydrogens is 439 g/mol. The lowest BCUT2D eigenvalue weighted by atomic mass is 10.1. The normalized spacial score (nSPS) is 11.1. The minimum atomic E-state index is -0.621. The topological polar surface area (TPSA) is 62.1 Å². The molecule has 0 bridgehead atoms. The van der Waals surface area contributed by atoms with Gasteiger partial charge in [-0.2, -0.15) is 5.26 Å². The van der Waals surface area contributed by atoms with Crippen LogP contribution in [0.4, 0.5) is 10.1 Å². The highest BCUT2D eigenvalue weighted by molar-refractivity contribution is 6.30. The lowest BCUT2D eigenvalue weighted by Gasteiger charge is -2.12. The molecule has 162 valence electrons. The summed E-state index contributed by atoms with van der Waals surface area (Å²) in [6.45, 7) is 0.299. The van der Waals surface area contributed by atoms with Crippen LogP contribution < -0.4 is 10.1 Å². The van der Waals surface area contributed by atoms with E-state index in [1.807, 2.05) is 48.5 Å². The third-order valence-electron chi connectivity index (χ3n) is 5.00. The summed E-state index contributed by atoms with van der Waals surface area (Å²) in [6.07, 6.45) is 1.42. The molecule has 4 aromatic rings. The van der Waals surface area contributed by atoms with E-state index in [1.165, 1.54) is 30.3 Å². The maximum absolute atomic E-state index is 13.1. The van der Waals surface area contributed by atoms with Gasteiger partial charge in [-0.1, -0.05) is 54.1 Å². The number of carbonyl (C=O) groups is 1. The molecule has 0 aliphatic carbocycles. The van der Waals surface area contributed by atoms with Crippen molar-refractivity contribution in [1.82, 2.24) is 0 Å². The molecule has 0 spiro atoms. The van der Waals surface area contributed by atoms with Crippen LogP contribution in [0.5, 0.6) is 5.75 Å². The minimum absolute atomic E-state index is 0.142. The predicted octanol–water partition coefficient (Wildman–Crippen LogP) is 6.76. The lowest BCUT2D eigenvalue weighted by molar-refractivity contribution is -0.112. The van der Waals surface area contributed by atoms with Gasteiger partial charge in [-0.15, -0.1) is 0 Å². The van der Waals surface area contributed by atoms with Gasteiger partial charge < -0.3 is 10.1 Å².